The Kier molecular flexibility index (Phi) is 4.50. The summed E-state index contributed by atoms with van der Waals surface area (Å²) >= 11 is 0. The Morgan fingerprint density at radius 2 is 2.07 bits per heavy atom. The topological polar surface area (TPSA) is 54.5 Å². The van der Waals surface area contributed by atoms with Crippen LogP contribution in [-0.2, 0) is 4.79 Å². The largest absolute Gasteiger partial charge is 0.481 e. The summed E-state index contributed by atoms with van der Waals surface area (Å²) in [4.78, 5) is 18.6. The molecule has 6 heteroatoms. The normalized spacial score (nSPS) is 24.3. The van der Waals surface area contributed by atoms with Gasteiger partial charge in [-0.1, -0.05) is 6.92 Å². The molecule has 1 fully saturated rings. The minimum Gasteiger partial charge on any atom is -0.481 e. The number of rotatable bonds is 4. The van der Waals surface area contributed by atoms with Crippen molar-refractivity contribution in [3.05, 3.63) is 47.9 Å². The number of nitrogens with zero attached hydrogens (tertiary/aromatic N) is 2. The van der Waals surface area contributed by atoms with Gasteiger partial charge in [-0.05, 0) is 43.0 Å². The summed E-state index contributed by atoms with van der Waals surface area (Å²) in [5.41, 5.74) is 2.46. The molecular formula is C21H24FN3O2. The molecule has 5 nitrogen and oxygen atoms in total. The van der Waals surface area contributed by atoms with Gasteiger partial charge in [0.2, 0.25) is 11.8 Å². The molecule has 1 aromatic carbocycles. The molecule has 0 unspecified atom stereocenters. The minimum absolute atomic E-state index is 0.0103. The van der Waals surface area contributed by atoms with E-state index in [-0.39, 0.29) is 29.7 Å². The van der Waals surface area contributed by atoms with Gasteiger partial charge in [0, 0.05) is 36.2 Å². The van der Waals surface area contributed by atoms with Crippen LogP contribution in [0, 0.1) is 17.7 Å². The van der Waals surface area contributed by atoms with Gasteiger partial charge < -0.3 is 15.0 Å². The van der Waals surface area contributed by atoms with Gasteiger partial charge in [0.05, 0.1) is 25.0 Å². The van der Waals surface area contributed by atoms with Crippen LogP contribution in [0.3, 0.4) is 0 Å². The predicted octanol–water partition coefficient (Wildman–Crippen LogP) is 4.16. The van der Waals surface area contributed by atoms with E-state index in [9.17, 15) is 9.18 Å². The fourth-order valence-corrected chi connectivity index (χ4v) is 4.30. The number of ether oxygens (including phenoxy) is 1. The zero-order chi connectivity index (χ0) is 19.1. The average molecular weight is 369 g/mol. The Bertz CT molecular complexity index is 851. The fourth-order valence-electron chi connectivity index (χ4n) is 4.30. The molecule has 1 aliphatic heterocycles. The van der Waals surface area contributed by atoms with E-state index in [0.29, 0.717) is 11.8 Å². The van der Waals surface area contributed by atoms with Crippen molar-refractivity contribution in [2.75, 3.05) is 17.3 Å². The van der Waals surface area contributed by atoms with E-state index in [2.05, 4.69) is 17.2 Å². The van der Waals surface area contributed by atoms with Gasteiger partial charge in [-0.3, -0.25) is 4.79 Å². The average Bonchev–Trinajstić information content (AvgIpc) is 3.48. The molecule has 1 saturated carbocycles. The molecule has 1 N–H and O–H groups in total. The zero-order valence-electron chi connectivity index (χ0n) is 15.8. The van der Waals surface area contributed by atoms with Gasteiger partial charge in [0.15, 0.2) is 0 Å². The van der Waals surface area contributed by atoms with Crippen LogP contribution < -0.4 is 15.0 Å². The van der Waals surface area contributed by atoms with Crippen LogP contribution in [0.1, 0.15) is 38.3 Å². The van der Waals surface area contributed by atoms with Crippen LogP contribution in [0.2, 0.25) is 0 Å². The van der Waals surface area contributed by atoms with E-state index in [0.717, 1.165) is 29.8 Å². The van der Waals surface area contributed by atoms with E-state index in [1.165, 1.54) is 6.07 Å². The number of carbonyl (C=O) groups excluding carboxylic acids is 1. The lowest BCUT2D eigenvalue weighted by Gasteiger charge is -2.46. The van der Waals surface area contributed by atoms with E-state index in [4.69, 9.17) is 4.74 Å². The third-order valence-corrected chi connectivity index (χ3v) is 5.66. The van der Waals surface area contributed by atoms with E-state index < -0.39 is 0 Å². The van der Waals surface area contributed by atoms with Crippen molar-refractivity contribution in [3.63, 3.8) is 0 Å². The maximum Gasteiger partial charge on any atom is 0.224 e. The van der Waals surface area contributed by atoms with Crippen molar-refractivity contribution in [3.8, 4) is 5.88 Å². The number of benzene rings is 1. The Hall–Kier alpha value is -2.63. The third kappa shape index (κ3) is 3.24. The van der Waals surface area contributed by atoms with Crippen molar-refractivity contribution in [2.45, 2.75) is 38.8 Å². The highest BCUT2D eigenvalue weighted by Crippen LogP contribution is 2.50. The second-order valence-electron chi connectivity index (χ2n) is 7.49. The van der Waals surface area contributed by atoms with E-state index in [1.54, 1.807) is 38.4 Å². The molecule has 0 spiro atoms. The van der Waals surface area contributed by atoms with Gasteiger partial charge in [-0.2, -0.15) is 0 Å². The maximum atomic E-state index is 14.1. The summed E-state index contributed by atoms with van der Waals surface area (Å²) in [7, 11) is 1.58. The molecule has 2 aromatic rings. The summed E-state index contributed by atoms with van der Waals surface area (Å²) < 4.78 is 19.2. The number of nitrogens with one attached hydrogen (secondary N) is 1. The minimum atomic E-state index is -0.297. The fraction of sp³-hybridized carbons (Fsp3) is 0.429. The molecular weight excluding hydrogens is 345 g/mol. The van der Waals surface area contributed by atoms with Crippen molar-refractivity contribution in [1.29, 1.82) is 0 Å². The van der Waals surface area contributed by atoms with Gasteiger partial charge in [-0.15, -0.1) is 0 Å². The summed E-state index contributed by atoms with van der Waals surface area (Å²) in [6.07, 6.45) is 3.98. The first-order valence-corrected chi connectivity index (χ1v) is 9.35. The Morgan fingerprint density at radius 3 is 2.67 bits per heavy atom. The van der Waals surface area contributed by atoms with Gasteiger partial charge in [0.1, 0.15) is 5.82 Å². The van der Waals surface area contributed by atoms with Gasteiger partial charge >= 0.3 is 0 Å². The summed E-state index contributed by atoms with van der Waals surface area (Å²) in [5, 5.41) is 3.51. The number of hydrogen-bond acceptors (Lipinski definition) is 4. The third-order valence-electron chi connectivity index (χ3n) is 5.66. The lowest BCUT2D eigenvalue weighted by molar-refractivity contribution is -0.117. The first kappa shape index (κ1) is 17.8. The summed E-state index contributed by atoms with van der Waals surface area (Å²) in [6.45, 7) is 3.73. The number of aromatic nitrogens is 1. The van der Waals surface area contributed by atoms with Crippen LogP contribution in [0.4, 0.5) is 15.8 Å². The molecule has 0 radical (unpaired) electrons. The van der Waals surface area contributed by atoms with Gasteiger partial charge in [0.25, 0.3) is 0 Å². The molecule has 2 aliphatic rings. The SMILES string of the molecule is COc1ccc(N[C@H]2c3cc(F)ccc3N(C(C)=O)[C@@H](C3CC3)[C@@H]2C)cn1. The van der Waals surface area contributed by atoms with E-state index in [1.807, 2.05) is 11.0 Å². The van der Waals surface area contributed by atoms with Crippen molar-refractivity contribution in [2.24, 2.45) is 11.8 Å². The monoisotopic (exact) mass is 369 g/mol. The number of amides is 1. The predicted molar refractivity (Wildman–Crippen MR) is 102 cm³/mol. The number of halogens is 1. The zero-order valence-corrected chi connectivity index (χ0v) is 15.8. The number of hydrogen-bond donors (Lipinski definition) is 1. The van der Waals surface area contributed by atoms with Crippen LogP contribution >= 0.6 is 0 Å². The summed E-state index contributed by atoms with van der Waals surface area (Å²) in [5.74, 6) is 0.894. The molecule has 1 aromatic heterocycles. The molecule has 27 heavy (non-hydrogen) atoms. The maximum absolute atomic E-state index is 14.1. The van der Waals surface area contributed by atoms with Crippen LogP contribution in [0.25, 0.3) is 0 Å². The molecule has 2 heterocycles. The highest BCUT2D eigenvalue weighted by atomic mass is 19.1. The number of carbonyl (C=O) groups is 1. The van der Waals surface area contributed by atoms with Crippen LogP contribution in [0.5, 0.6) is 5.88 Å². The van der Waals surface area contributed by atoms with Crippen LogP contribution in [-0.4, -0.2) is 24.0 Å². The number of anilines is 2. The standard InChI is InChI=1S/C21H24FN3O2/c1-12-20(24-16-7-9-19(27-3)23-11-16)17-10-15(22)6-8-18(17)25(13(2)26)21(12)14-4-5-14/h6-12,14,20-21,24H,4-5H2,1-3H3/t12-,20-,21-/m1/s1. The molecule has 1 amide bonds. The lowest BCUT2D eigenvalue weighted by Crippen LogP contribution is -2.51. The van der Waals surface area contributed by atoms with Crippen molar-refractivity contribution in [1.82, 2.24) is 4.98 Å². The number of pyridine rings is 1. The molecule has 0 bridgehead atoms. The number of methoxy groups -OCH3 is 1. The van der Waals surface area contributed by atoms with E-state index >= 15 is 0 Å². The molecule has 1 aliphatic carbocycles. The number of fused-ring (bicyclic) bond motifs is 1. The molecule has 3 atom stereocenters. The Labute approximate surface area is 158 Å². The lowest BCUT2D eigenvalue weighted by atomic mass is 9.80. The highest BCUT2D eigenvalue weighted by Gasteiger charge is 2.47. The molecule has 142 valence electrons. The molecule has 0 saturated heterocycles. The van der Waals surface area contributed by atoms with Crippen molar-refractivity contribution < 1.29 is 13.9 Å². The second kappa shape index (κ2) is 6.83. The molecule has 4 rings (SSSR count). The Balaban J connectivity index is 1.75. The smallest absolute Gasteiger partial charge is 0.224 e. The summed E-state index contributed by atoms with van der Waals surface area (Å²) in [6, 6.07) is 8.41. The quantitative estimate of drug-likeness (QED) is 0.879. The first-order valence-electron chi connectivity index (χ1n) is 9.35. The van der Waals surface area contributed by atoms with Crippen LogP contribution in [0.15, 0.2) is 36.5 Å². The highest BCUT2D eigenvalue weighted by molar-refractivity contribution is 5.94. The first-order chi connectivity index (χ1) is 13.0. The van der Waals surface area contributed by atoms with Gasteiger partial charge in [-0.25, -0.2) is 9.37 Å². The second-order valence-corrected chi connectivity index (χ2v) is 7.49. The van der Waals surface area contributed by atoms with Crippen molar-refractivity contribution >= 4 is 17.3 Å². The Morgan fingerprint density at radius 1 is 1.30 bits per heavy atom.